The topological polar surface area (TPSA) is 70.7 Å². The lowest BCUT2D eigenvalue weighted by molar-refractivity contribution is 0.472. The van der Waals surface area contributed by atoms with Gasteiger partial charge in [-0.2, -0.15) is 0 Å². The van der Waals surface area contributed by atoms with Crippen molar-refractivity contribution in [1.82, 2.24) is 0 Å². The van der Waals surface area contributed by atoms with E-state index in [4.69, 9.17) is 4.42 Å². The van der Waals surface area contributed by atoms with E-state index in [0.29, 0.717) is 34.3 Å². The molecule has 0 bridgehead atoms. The van der Waals surface area contributed by atoms with Crippen LogP contribution in [0.2, 0.25) is 0 Å². The van der Waals surface area contributed by atoms with Crippen LogP contribution in [-0.4, -0.2) is 10.2 Å². The second-order valence-electron chi connectivity index (χ2n) is 4.81. The zero-order chi connectivity index (χ0) is 15.0. The highest BCUT2D eigenvalue weighted by atomic mass is 16.3. The number of benzene rings is 2. The van der Waals surface area contributed by atoms with E-state index in [1.165, 1.54) is 24.3 Å². The van der Waals surface area contributed by atoms with Crippen LogP contribution in [0.3, 0.4) is 0 Å². The molecule has 0 aliphatic heterocycles. The van der Waals surface area contributed by atoms with Crippen LogP contribution in [0.1, 0.15) is 12.7 Å². The molecule has 0 fully saturated rings. The van der Waals surface area contributed by atoms with Crippen LogP contribution in [-0.2, 0) is 6.42 Å². The van der Waals surface area contributed by atoms with Gasteiger partial charge in [0.05, 0.1) is 10.9 Å². The third-order valence-corrected chi connectivity index (χ3v) is 3.43. The van der Waals surface area contributed by atoms with Crippen molar-refractivity contribution in [3.8, 4) is 22.6 Å². The van der Waals surface area contributed by atoms with Gasteiger partial charge in [-0.3, -0.25) is 4.79 Å². The van der Waals surface area contributed by atoms with Gasteiger partial charge in [-0.15, -0.1) is 0 Å². The zero-order valence-electron chi connectivity index (χ0n) is 11.5. The fourth-order valence-corrected chi connectivity index (χ4v) is 2.40. The number of aryl methyl sites for hydroxylation is 1. The number of aromatic hydroxyl groups is 2. The lowest BCUT2D eigenvalue weighted by Gasteiger charge is -2.09. The molecule has 0 saturated carbocycles. The molecule has 1 aromatic heterocycles. The highest BCUT2D eigenvalue weighted by Gasteiger charge is 2.15. The third-order valence-electron chi connectivity index (χ3n) is 3.43. The zero-order valence-corrected chi connectivity index (χ0v) is 11.5. The van der Waals surface area contributed by atoms with Crippen LogP contribution in [0.5, 0.6) is 11.5 Å². The molecule has 106 valence electrons. The van der Waals surface area contributed by atoms with E-state index < -0.39 is 0 Å². The van der Waals surface area contributed by atoms with Gasteiger partial charge in [0.2, 0.25) is 5.43 Å². The molecule has 4 nitrogen and oxygen atoms in total. The van der Waals surface area contributed by atoms with E-state index in [0.717, 1.165) is 0 Å². The number of rotatable bonds is 2. The Hall–Kier alpha value is -2.75. The molecule has 0 spiro atoms. The summed E-state index contributed by atoms with van der Waals surface area (Å²) in [4.78, 5) is 12.7. The maximum absolute atomic E-state index is 12.7. The average Bonchev–Trinajstić information content (AvgIpc) is 2.48. The SMILES string of the molecule is CCc1oc2cc(O)ccc2c(=O)c1-c1ccc(O)cc1. The molecule has 0 aliphatic rings. The van der Waals surface area contributed by atoms with Gasteiger partial charge in [0.1, 0.15) is 22.8 Å². The molecule has 0 radical (unpaired) electrons. The Morgan fingerprint density at radius 2 is 1.67 bits per heavy atom. The summed E-state index contributed by atoms with van der Waals surface area (Å²) >= 11 is 0. The molecule has 4 heteroatoms. The quantitative estimate of drug-likeness (QED) is 0.755. The monoisotopic (exact) mass is 282 g/mol. The minimum atomic E-state index is -0.140. The van der Waals surface area contributed by atoms with Crippen LogP contribution in [0, 0.1) is 0 Å². The van der Waals surface area contributed by atoms with Crippen molar-refractivity contribution < 1.29 is 14.6 Å². The highest BCUT2D eigenvalue weighted by molar-refractivity contribution is 5.83. The predicted octanol–water partition coefficient (Wildman–Crippen LogP) is 3.43. The molecule has 0 saturated heterocycles. The Bertz CT molecular complexity index is 860. The maximum atomic E-state index is 12.7. The van der Waals surface area contributed by atoms with E-state index in [-0.39, 0.29) is 16.9 Å². The molecule has 0 atom stereocenters. The molecule has 21 heavy (non-hydrogen) atoms. The van der Waals surface area contributed by atoms with Gasteiger partial charge in [0.25, 0.3) is 0 Å². The summed E-state index contributed by atoms with van der Waals surface area (Å²) in [6.45, 7) is 1.90. The lowest BCUT2D eigenvalue weighted by Crippen LogP contribution is -2.08. The second kappa shape index (κ2) is 4.98. The molecular weight excluding hydrogens is 268 g/mol. The second-order valence-corrected chi connectivity index (χ2v) is 4.81. The standard InChI is InChI=1S/C17H14O4/c1-2-14-16(10-3-5-11(18)6-4-10)17(20)13-8-7-12(19)9-15(13)21-14/h3-9,18-19H,2H2,1H3. The Labute approximate surface area is 120 Å². The van der Waals surface area contributed by atoms with E-state index in [1.807, 2.05) is 6.92 Å². The first-order valence-electron chi connectivity index (χ1n) is 6.68. The van der Waals surface area contributed by atoms with E-state index in [2.05, 4.69) is 0 Å². The summed E-state index contributed by atoms with van der Waals surface area (Å²) < 4.78 is 5.77. The van der Waals surface area contributed by atoms with Crippen molar-refractivity contribution >= 4 is 11.0 Å². The molecule has 0 amide bonds. The van der Waals surface area contributed by atoms with Crippen LogP contribution in [0.25, 0.3) is 22.1 Å². The molecule has 3 aromatic rings. The fourth-order valence-electron chi connectivity index (χ4n) is 2.40. The summed E-state index contributed by atoms with van der Waals surface area (Å²) in [5.41, 5.74) is 1.43. The summed E-state index contributed by atoms with van der Waals surface area (Å²) in [6.07, 6.45) is 0.553. The molecule has 0 unspecified atom stereocenters. The molecule has 2 N–H and O–H groups in total. The minimum absolute atomic E-state index is 0.0603. The number of phenols is 2. The normalized spacial score (nSPS) is 10.9. The first-order valence-corrected chi connectivity index (χ1v) is 6.68. The number of hydrogen-bond donors (Lipinski definition) is 2. The van der Waals surface area contributed by atoms with Gasteiger partial charge in [-0.1, -0.05) is 19.1 Å². The van der Waals surface area contributed by atoms with Crippen molar-refractivity contribution in [3.05, 3.63) is 58.4 Å². The van der Waals surface area contributed by atoms with Crippen LogP contribution < -0.4 is 5.43 Å². The first-order chi connectivity index (χ1) is 10.1. The Morgan fingerprint density at radius 3 is 2.33 bits per heavy atom. The van der Waals surface area contributed by atoms with Gasteiger partial charge < -0.3 is 14.6 Å². The summed E-state index contributed by atoms with van der Waals surface area (Å²) in [5.74, 6) is 0.765. The van der Waals surface area contributed by atoms with Gasteiger partial charge >= 0.3 is 0 Å². The van der Waals surface area contributed by atoms with Gasteiger partial charge in [-0.05, 0) is 29.8 Å². The van der Waals surface area contributed by atoms with Crippen LogP contribution >= 0.6 is 0 Å². The van der Waals surface area contributed by atoms with Crippen molar-refractivity contribution in [2.45, 2.75) is 13.3 Å². The molecule has 0 aliphatic carbocycles. The Balaban J connectivity index is 2.36. The Kier molecular flexibility index (Phi) is 3.14. The van der Waals surface area contributed by atoms with Crippen LogP contribution in [0.4, 0.5) is 0 Å². The number of fused-ring (bicyclic) bond motifs is 1. The van der Waals surface area contributed by atoms with E-state index in [9.17, 15) is 15.0 Å². The minimum Gasteiger partial charge on any atom is -0.508 e. The van der Waals surface area contributed by atoms with Gasteiger partial charge in [0, 0.05) is 12.5 Å². The van der Waals surface area contributed by atoms with Gasteiger partial charge in [0.15, 0.2) is 0 Å². The summed E-state index contributed by atoms with van der Waals surface area (Å²) in [7, 11) is 0. The third kappa shape index (κ3) is 2.25. The van der Waals surface area contributed by atoms with E-state index >= 15 is 0 Å². The van der Waals surface area contributed by atoms with Crippen LogP contribution in [0.15, 0.2) is 51.7 Å². The molecular formula is C17H14O4. The lowest BCUT2D eigenvalue weighted by atomic mass is 10.0. The molecule has 3 rings (SSSR count). The van der Waals surface area contributed by atoms with E-state index in [1.54, 1.807) is 18.2 Å². The van der Waals surface area contributed by atoms with Crippen molar-refractivity contribution in [2.24, 2.45) is 0 Å². The Morgan fingerprint density at radius 1 is 1.00 bits per heavy atom. The van der Waals surface area contributed by atoms with Crippen molar-refractivity contribution in [3.63, 3.8) is 0 Å². The van der Waals surface area contributed by atoms with Gasteiger partial charge in [-0.25, -0.2) is 0 Å². The number of phenolic OH excluding ortho intramolecular Hbond substituents is 2. The largest absolute Gasteiger partial charge is 0.508 e. The highest BCUT2D eigenvalue weighted by Crippen LogP contribution is 2.27. The summed E-state index contributed by atoms with van der Waals surface area (Å²) in [5, 5.41) is 19.3. The fraction of sp³-hybridized carbons (Fsp3) is 0.118. The first kappa shape index (κ1) is 13.2. The smallest absolute Gasteiger partial charge is 0.200 e. The molecule has 2 aromatic carbocycles. The van der Waals surface area contributed by atoms with Crippen molar-refractivity contribution in [2.75, 3.05) is 0 Å². The predicted molar refractivity (Wildman–Crippen MR) is 80.6 cm³/mol. The summed E-state index contributed by atoms with van der Waals surface area (Å²) in [6, 6.07) is 10.9. The molecule has 1 heterocycles. The number of hydrogen-bond acceptors (Lipinski definition) is 4. The average molecular weight is 282 g/mol. The van der Waals surface area contributed by atoms with Crippen molar-refractivity contribution in [1.29, 1.82) is 0 Å². The maximum Gasteiger partial charge on any atom is 0.200 e.